The van der Waals surface area contributed by atoms with Gasteiger partial charge in [-0.1, -0.05) is 30.3 Å². The van der Waals surface area contributed by atoms with Crippen molar-refractivity contribution in [2.75, 3.05) is 7.11 Å². The molecule has 0 saturated heterocycles. The van der Waals surface area contributed by atoms with E-state index < -0.39 is 24.2 Å². The van der Waals surface area contributed by atoms with Gasteiger partial charge in [-0.3, -0.25) is 9.59 Å². The lowest BCUT2D eigenvalue weighted by Crippen LogP contribution is -2.25. The van der Waals surface area contributed by atoms with Crippen LogP contribution in [-0.2, 0) is 19.1 Å². The van der Waals surface area contributed by atoms with E-state index in [0.717, 1.165) is 7.11 Å². The van der Waals surface area contributed by atoms with Crippen LogP contribution in [0.4, 0.5) is 4.39 Å². The summed E-state index contributed by atoms with van der Waals surface area (Å²) in [5.41, 5.74) is 0.220. The molecule has 0 aliphatic rings. The topological polar surface area (TPSA) is 52.6 Å². The third kappa shape index (κ3) is 3.55. The Labute approximate surface area is 98.3 Å². The molecule has 2 atom stereocenters. The summed E-state index contributed by atoms with van der Waals surface area (Å²) in [6, 6.07) is 7.94. The maximum Gasteiger partial charge on any atom is 0.322 e. The third-order valence-corrected chi connectivity index (χ3v) is 2.19. The molecule has 5 heteroatoms. The SMILES string of the molecule is COC(=O)C(C)C(=O)OC(F)c1ccccc1. The summed E-state index contributed by atoms with van der Waals surface area (Å²) in [7, 11) is 1.15. The van der Waals surface area contributed by atoms with E-state index in [1.807, 2.05) is 0 Å². The van der Waals surface area contributed by atoms with Crippen LogP contribution in [0.25, 0.3) is 0 Å². The summed E-state index contributed by atoms with van der Waals surface area (Å²) in [6.45, 7) is 1.30. The molecule has 0 aliphatic heterocycles. The second-order valence-corrected chi connectivity index (χ2v) is 3.41. The smallest absolute Gasteiger partial charge is 0.322 e. The maximum atomic E-state index is 13.5. The first kappa shape index (κ1) is 13.2. The molecule has 1 aromatic carbocycles. The van der Waals surface area contributed by atoms with Crippen LogP contribution in [0.2, 0.25) is 0 Å². The fraction of sp³-hybridized carbons (Fsp3) is 0.333. The number of halogens is 1. The number of hydrogen-bond acceptors (Lipinski definition) is 4. The van der Waals surface area contributed by atoms with Gasteiger partial charge in [-0.15, -0.1) is 0 Å². The van der Waals surface area contributed by atoms with E-state index in [9.17, 15) is 14.0 Å². The van der Waals surface area contributed by atoms with Crippen molar-refractivity contribution in [2.24, 2.45) is 5.92 Å². The molecule has 1 rings (SSSR count). The van der Waals surface area contributed by atoms with Gasteiger partial charge < -0.3 is 9.47 Å². The van der Waals surface area contributed by atoms with Crippen LogP contribution in [0.5, 0.6) is 0 Å². The molecule has 0 amide bonds. The highest BCUT2D eigenvalue weighted by Crippen LogP contribution is 2.20. The van der Waals surface area contributed by atoms with Gasteiger partial charge >= 0.3 is 11.9 Å². The van der Waals surface area contributed by atoms with Crippen LogP contribution in [0.3, 0.4) is 0 Å². The van der Waals surface area contributed by atoms with E-state index in [1.54, 1.807) is 18.2 Å². The molecule has 0 spiro atoms. The predicted octanol–water partition coefficient (Wildman–Crippen LogP) is 2.01. The van der Waals surface area contributed by atoms with E-state index in [-0.39, 0.29) is 5.56 Å². The predicted molar refractivity (Wildman–Crippen MR) is 57.6 cm³/mol. The highest BCUT2D eigenvalue weighted by molar-refractivity contribution is 5.94. The van der Waals surface area contributed by atoms with Crippen molar-refractivity contribution in [1.29, 1.82) is 0 Å². The van der Waals surface area contributed by atoms with Crippen LogP contribution >= 0.6 is 0 Å². The molecular weight excluding hydrogens is 227 g/mol. The first-order valence-corrected chi connectivity index (χ1v) is 5.03. The normalized spacial score (nSPS) is 13.6. The molecule has 0 fully saturated rings. The van der Waals surface area contributed by atoms with Crippen molar-refractivity contribution in [1.82, 2.24) is 0 Å². The molecule has 92 valence electrons. The first-order chi connectivity index (χ1) is 8.06. The number of ether oxygens (including phenoxy) is 2. The Bertz CT molecular complexity index is 391. The molecule has 2 unspecified atom stereocenters. The monoisotopic (exact) mass is 240 g/mol. The van der Waals surface area contributed by atoms with Crippen LogP contribution < -0.4 is 0 Å². The summed E-state index contributed by atoms with van der Waals surface area (Å²) >= 11 is 0. The summed E-state index contributed by atoms with van der Waals surface area (Å²) in [5.74, 6) is -2.84. The van der Waals surface area contributed by atoms with Crippen molar-refractivity contribution in [2.45, 2.75) is 13.3 Å². The van der Waals surface area contributed by atoms with Crippen molar-refractivity contribution in [3.63, 3.8) is 0 Å². The molecule has 0 aliphatic carbocycles. The van der Waals surface area contributed by atoms with Crippen LogP contribution in [-0.4, -0.2) is 19.0 Å². The molecular formula is C12H13FO4. The minimum absolute atomic E-state index is 0.220. The summed E-state index contributed by atoms with van der Waals surface area (Å²) in [5, 5.41) is 0. The average molecular weight is 240 g/mol. The molecule has 0 bridgehead atoms. The van der Waals surface area contributed by atoms with Gasteiger partial charge in [-0.25, -0.2) is 0 Å². The zero-order chi connectivity index (χ0) is 12.8. The average Bonchev–Trinajstić information content (AvgIpc) is 2.37. The second-order valence-electron chi connectivity index (χ2n) is 3.41. The molecule has 0 aromatic heterocycles. The minimum atomic E-state index is -1.88. The van der Waals surface area contributed by atoms with Crippen molar-refractivity contribution in [3.8, 4) is 0 Å². The Kier molecular flexibility index (Phi) is 4.63. The lowest BCUT2D eigenvalue weighted by molar-refractivity contribution is -0.169. The van der Waals surface area contributed by atoms with E-state index in [0.29, 0.717) is 0 Å². The van der Waals surface area contributed by atoms with Gasteiger partial charge in [0.2, 0.25) is 0 Å². The standard InChI is InChI=1S/C12H13FO4/c1-8(11(14)16-2)12(15)17-10(13)9-6-4-3-5-7-9/h3-8,10H,1-2H3. The van der Waals surface area contributed by atoms with E-state index in [2.05, 4.69) is 9.47 Å². The quantitative estimate of drug-likeness (QED) is 0.596. The lowest BCUT2D eigenvalue weighted by atomic mass is 10.2. The fourth-order valence-electron chi connectivity index (χ4n) is 1.15. The third-order valence-electron chi connectivity index (χ3n) is 2.19. The van der Waals surface area contributed by atoms with Crippen molar-refractivity contribution in [3.05, 3.63) is 35.9 Å². The fourth-order valence-corrected chi connectivity index (χ4v) is 1.15. The summed E-state index contributed by atoms with van der Waals surface area (Å²) in [4.78, 5) is 22.4. The highest BCUT2D eigenvalue weighted by Gasteiger charge is 2.26. The van der Waals surface area contributed by atoms with Gasteiger partial charge in [-0.05, 0) is 6.92 Å². The van der Waals surface area contributed by atoms with Gasteiger partial charge in [0.15, 0.2) is 5.92 Å². The molecule has 0 heterocycles. The Morgan fingerprint density at radius 2 is 1.76 bits per heavy atom. The van der Waals surface area contributed by atoms with Gasteiger partial charge in [0.05, 0.1) is 7.11 Å². The highest BCUT2D eigenvalue weighted by atomic mass is 19.1. The largest absolute Gasteiger partial charge is 0.468 e. The maximum absolute atomic E-state index is 13.5. The second kappa shape index (κ2) is 5.98. The number of benzene rings is 1. The van der Waals surface area contributed by atoms with Gasteiger partial charge in [0.1, 0.15) is 0 Å². The number of esters is 2. The van der Waals surface area contributed by atoms with E-state index in [1.165, 1.54) is 19.1 Å². The molecule has 0 saturated carbocycles. The van der Waals surface area contributed by atoms with Crippen molar-refractivity contribution >= 4 is 11.9 Å². The minimum Gasteiger partial charge on any atom is -0.468 e. The number of carbonyl (C=O) groups is 2. The van der Waals surface area contributed by atoms with Crippen LogP contribution in [0, 0.1) is 5.92 Å². The first-order valence-electron chi connectivity index (χ1n) is 5.03. The van der Waals surface area contributed by atoms with E-state index >= 15 is 0 Å². The Morgan fingerprint density at radius 1 is 1.18 bits per heavy atom. The van der Waals surface area contributed by atoms with E-state index in [4.69, 9.17) is 0 Å². The number of methoxy groups -OCH3 is 1. The van der Waals surface area contributed by atoms with Crippen LogP contribution in [0.15, 0.2) is 30.3 Å². The van der Waals surface area contributed by atoms with Gasteiger partial charge in [0, 0.05) is 5.56 Å². The number of hydrogen-bond donors (Lipinski definition) is 0. The molecule has 17 heavy (non-hydrogen) atoms. The zero-order valence-electron chi connectivity index (χ0n) is 9.55. The van der Waals surface area contributed by atoms with Crippen molar-refractivity contribution < 1.29 is 23.5 Å². The zero-order valence-corrected chi connectivity index (χ0v) is 9.55. The van der Waals surface area contributed by atoms with Crippen LogP contribution in [0.1, 0.15) is 18.8 Å². The molecule has 0 radical (unpaired) electrons. The molecule has 1 aromatic rings. The van der Waals surface area contributed by atoms with Gasteiger partial charge in [0.25, 0.3) is 6.36 Å². The Hall–Kier alpha value is -1.91. The van der Waals surface area contributed by atoms with Gasteiger partial charge in [-0.2, -0.15) is 4.39 Å². The summed E-state index contributed by atoms with van der Waals surface area (Å²) in [6.07, 6.45) is -1.88. The number of carbonyl (C=O) groups excluding carboxylic acids is 2. The lowest BCUT2D eigenvalue weighted by Gasteiger charge is -2.13. The number of alkyl halides is 1. The Balaban J connectivity index is 2.60. The Morgan fingerprint density at radius 3 is 2.29 bits per heavy atom. The summed E-state index contributed by atoms with van der Waals surface area (Å²) < 4.78 is 22.4. The molecule has 4 nitrogen and oxygen atoms in total. The molecule has 0 N–H and O–H groups in total. The number of rotatable bonds is 4.